The highest BCUT2D eigenvalue weighted by molar-refractivity contribution is 7.99. The lowest BCUT2D eigenvalue weighted by Gasteiger charge is -2.11. The van der Waals surface area contributed by atoms with Crippen LogP contribution in [0.1, 0.15) is 11.1 Å². The molecule has 0 aromatic heterocycles. The van der Waals surface area contributed by atoms with Gasteiger partial charge in [0.25, 0.3) is 0 Å². The number of hydrogen-bond donors (Lipinski definition) is 1. The summed E-state index contributed by atoms with van der Waals surface area (Å²) >= 11 is 3.61. The minimum atomic E-state index is 0.727. The Morgan fingerprint density at radius 3 is 2.29 bits per heavy atom. The summed E-state index contributed by atoms with van der Waals surface area (Å²) in [6.45, 7) is 2.89. The van der Waals surface area contributed by atoms with Crippen LogP contribution in [0.25, 0.3) is 0 Å². The molecule has 0 radical (unpaired) electrons. The van der Waals surface area contributed by atoms with Crippen molar-refractivity contribution in [1.82, 2.24) is 0 Å². The number of nitrogens with two attached hydrogens (primary N) is 1. The Labute approximate surface area is 94.8 Å². The van der Waals surface area contributed by atoms with Gasteiger partial charge in [0.05, 0.1) is 0 Å². The molecule has 1 nitrogen and oxygen atoms in total. The minimum Gasteiger partial charge on any atom is -0.330 e. The van der Waals surface area contributed by atoms with Gasteiger partial charge in [-0.3, -0.25) is 0 Å². The van der Waals surface area contributed by atoms with E-state index in [2.05, 4.69) is 31.6 Å². The lowest BCUT2D eigenvalue weighted by Crippen LogP contribution is -2.04. The number of hydrogen-bond acceptors (Lipinski definition) is 3. The van der Waals surface area contributed by atoms with Crippen molar-refractivity contribution in [3.05, 3.63) is 23.3 Å². The summed E-state index contributed by atoms with van der Waals surface area (Å²) in [6.07, 6.45) is 5.21. The molecule has 0 aliphatic heterocycles. The number of thioether (sulfide) groups is 2. The van der Waals surface area contributed by atoms with Gasteiger partial charge in [-0.1, -0.05) is 0 Å². The summed E-state index contributed by atoms with van der Waals surface area (Å²) < 4.78 is 0. The summed E-state index contributed by atoms with van der Waals surface area (Å²) in [7, 11) is 0. The Bertz CT molecular complexity index is 310. The first-order chi connectivity index (χ1) is 6.72. The van der Waals surface area contributed by atoms with E-state index in [4.69, 9.17) is 5.73 Å². The van der Waals surface area contributed by atoms with Crippen molar-refractivity contribution in [2.24, 2.45) is 5.73 Å². The standard InChI is InChI=1S/C11H17NS2/c1-8-6-11(14-3)9(4-5-12)7-10(8)13-2/h6-7H,4-5,12H2,1-3H3. The van der Waals surface area contributed by atoms with Gasteiger partial charge in [0.15, 0.2) is 0 Å². The minimum absolute atomic E-state index is 0.727. The van der Waals surface area contributed by atoms with Crippen LogP contribution in [-0.4, -0.2) is 19.1 Å². The number of aryl methyl sites for hydroxylation is 1. The molecule has 0 aliphatic carbocycles. The van der Waals surface area contributed by atoms with Gasteiger partial charge in [-0.2, -0.15) is 0 Å². The molecule has 78 valence electrons. The molecule has 0 heterocycles. The zero-order valence-electron chi connectivity index (χ0n) is 8.96. The topological polar surface area (TPSA) is 26.0 Å². The van der Waals surface area contributed by atoms with Crippen molar-refractivity contribution in [2.75, 3.05) is 19.1 Å². The molecule has 0 fully saturated rings. The maximum Gasteiger partial charge on any atom is 0.0105 e. The molecule has 1 rings (SSSR count). The third-order valence-corrected chi connectivity index (χ3v) is 3.91. The fraction of sp³-hybridized carbons (Fsp3) is 0.455. The first-order valence-corrected chi connectivity index (χ1v) is 7.09. The normalized spacial score (nSPS) is 10.6. The van der Waals surface area contributed by atoms with Gasteiger partial charge in [-0.05, 0) is 55.7 Å². The Balaban J connectivity index is 3.11. The Hall–Kier alpha value is -0.120. The fourth-order valence-corrected chi connectivity index (χ4v) is 2.82. The quantitative estimate of drug-likeness (QED) is 0.801. The highest BCUT2D eigenvalue weighted by Crippen LogP contribution is 2.29. The molecular weight excluding hydrogens is 210 g/mol. The van der Waals surface area contributed by atoms with E-state index in [0.717, 1.165) is 13.0 Å². The summed E-state index contributed by atoms with van der Waals surface area (Å²) in [5, 5.41) is 0. The van der Waals surface area contributed by atoms with Crippen LogP contribution in [0.15, 0.2) is 21.9 Å². The van der Waals surface area contributed by atoms with Gasteiger partial charge in [0, 0.05) is 9.79 Å². The van der Waals surface area contributed by atoms with Gasteiger partial charge in [-0.25, -0.2) is 0 Å². The lowest BCUT2D eigenvalue weighted by molar-refractivity contribution is 0.934. The van der Waals surface area contributed by atoms with Crippen molar-refractivity contribution in [2.45, 2.75) is 23.1 Å². The smallest absolute Gasteiger partial charge is 0.0105 e. The van der Waals surface area contributed by atoms with E-state index < -0.39 is 0 Å². The van der Waals surface area contributed by atoms with Crippen molar-refractivity contribution in [3.8, 4) is 0 Å². The first-order valence-electron chi connectivity index (χ1n) is 4.64. The van der Waals surface area contributed by atoms with Gasteiger partial charge in [0.1, 0.15) is 0 Å². The second-order valence-electron chi connectivity index (χ2n) is 3.17. The second kappa shape index (κ2) is 5.69. The zero-order chi connectivity index (χ0) is 10.6. The largest absolute Gasteiger partial charge is 0.330 e. The third-order valence-electron chi connectivity index (χ3n) is 2.21. The number of rotatable bonds is 4. The predicted octanol–water partition coefficient (Wildman–Crippen LogP) is 2.94. The van der Waals surface area contributed by atoms with Crippen molar-refractivity contribution in [1.29, 1.82) is 0 Å². The zero-order valence-corrected chi connectivity index (χ0v) is 10.6. The van der Waals surface area contributed by atoms with E-state index in [9.17, 15) is 0 Å². The molecule has 3 heteroatoms. The summed E-state index contributed by atoms with van der Waals surface area (Å²) in [5.74, 6) is 0. The second-order valence-corrected chi connectivity index (χ2v) is 4.87. The SMILES string of the molecule is CSc1cc(CCN)c(SC)cc1C. The van der Waals surface area contributed by atoms with E-state index in [0.29, 0.717) is 0 Å². The van der Waals surface area contributed by atoms with E-state index in [1.807, 2.05) is 0 Å². The Kier molecular flexibility index (Phi) is 4.85. The molecule has 1 aromatic rings. The van der Waals surface area contributed by atoms with E-state index in [-0.39, 0.29) is 0 Å². The molecule has 0 saturated heterocycles. The van der Waals surface area contributed by atoms with Crippen molar-refractivity contribution in [3.63, 3.8) is 0 Å². The average molecular weight is 227 g/mol. The maximum atomic E-state index is 5.60. The first kappa shape index (κ1) is 12.0. The predicted molar refractivity (Wildman–Crippen MR) is 67.5 cm³/mol. The van der Waals surface area contributed by atoms with Gasteiger partial charge < -0.3 is 5.73 Å². The van der Waals surface area contributed by atoms with E-state index >= 15 is 0 Å². The molecule has 0 amide bonds. The van der Waals surface area contributed by atoms with Gasteiger partial charge >= 0.3 is 0 Å². The Morgan fingerprint density at radius 2 is 1.79 bits per heavy atom. The molecule has 2 N–H and O–H groups in total. The molecule has 0 atom stereocenters. The van der Waals surface area contributed by atoms with Crippen LogP contribution in [-0.2, 0) is 6.42 Å². The van der Waals surface area contributed by atoms with Crippen molar-refractivity contribution >= 4 is 23.5 Å². The lowest BCUT2D eigenvalue weighted by atomic mass is 10.1. The average Bonchev–Trinajstić information content (AvgIpc) is 2.20. The molecular formula is C11H17NS2. The molecule has 1 aromatic carbocycles. The van der Waals surface area contributed by atoms with Gasteiger partial charge in [-0.15, -0.1) is 23.5 Å². The molecule has 0 spiro atoms. The van der Waals surface area contributed by atoms with Crippen LogP contribution in [0, 0.1) is 6.92 Å². The van der Waals surface area contributed by atoms with E-state index in [1.165, 1.54) is 20.9 Å². The highest BCUT2D eigenvalue weighted by Gasteiger charge is 2.05. The van der Waals surface area contributed by atoms with Crippen molar-refractivity contribution < 1.29 is 0 Å². The molecule has 14 heavy (non-hydrogen) atoms. The highest BCUT2D eigenvalue weighted by atomic mass is 32.2. The monoisotopic (exact) mass is 227 g/mol. The van der Waals surface area contributed by atoms with Gasteiger partial charge in [0.2, 0.25) is 0 Å². The van der Waals surface area contributed by atoms with Crippen LogP contribution in [0.3, 0.4) is 0 Å². The fourth-order valence-electron chi connectivity index (χ4n) is 1.46. The van der Waals surface area contributed by atoms with E-state index in [1.54, 1.807) is 23.5 Å². The van der Waals surface area contributed by atoms with Crippen LogP contribution < -0.4 is 5.73 Å². The molecule has 0 bridgehead atoms. The number of benzene rings is 1. The maximum absolute atomic E-state index is 5.60. The van der Waals surface area contributed by atoms with Crippen LogP contribution in [0.4, 0.5) is 0 Å². The summed E-state index contributed by atoms with van der Waals surface area (Å²) in [4.78, 5) is 2.73. The van der Waals surface area contributed by atoms with Crippen LogP contribution >= 0.6 is 23.5 Å². The third kappa shape index (κ3) is 2.69. The summed E-state index contributed by atoms with van der Waals surface area (Å²) in [6, 6.07) is 4.54. The molecule has 0 aliphatic rings. The summed E-state index contributed by atoms with van der Waals surface area (Å²) in [5.41, 5.74) is 8.35. The van der Waals surface area contributed by atoms with Crippen LogP contribution in [0.2, 0.25) is 0 Å². The molecule has 0 saturated carbocycles. The van der Waals surface area contributed by atoms with Crippen LogP contribution in [0.5, 0.6) is 0 Å². The Morgan fingerprint density at radius 1 is 1.14 bits per heavy atom. The molecule has 0 unspecified atom stereocenters.